The molecule has 3 aromatic rings. The van der Waals surface area contributed by atoms with E-state index in [4.69, 9.17) is 10.3 Å². The van der Waals surface area contributed by atoms with E-state index in [1.165, 1.54) is 5.56 Å². The van der Waals surface area contributed by atoms with Gasteiger partial charge in [-0.2, -0.15) is 0 Å². The van der Waals surface area contributed by atoms with Crippen LogP contribution in [0, 0.1) is 6.92 Å². The van der Waals surface area contributed by atoms with Crippen LogP contribution >= 0.6 is 0 Å². The molecule has 0 atom stereocenters. The summed E-state index contributed by atoms with van der Waals surface area (Å²) in [6.45, 7) is 2.59. The molecular formula is C15H14N2O. The van der Waals surface area contributed by atoms with Gasteiger partial charge in [-0.3, -0.25) is 0 Å². The highest BCUT2D eigenvalue weighted by atomic mass is 16.5. The number of hydrogen-bond acceptors (Lipinski definition) is 3. The van der Waals surface area contributed by atoms with Crippen LogP contribution in [0.15, 0.2) is 47.0 Å². The van der Waals surface area contributed by atoms with Crippen LogP contribution in [-0.4, -0.2) is 5.16 Å². The van der Waals surface area contributed by atoms with Gasteiger partial charge in [-0.1, -0.05) is 35.5 Å². The molecule has 0 saturated carbocycles. The number of rotatable bonds is 2. The predicted molar refractivity (Wildman–Crippen MR) is 72.1 cm³/mol. The lowest BCUT2D eigenvalue weighted by Gasteiger charge is -2.02. The molecule has 0 unspecified atom stereocenters. The predicted octanol–water partition coefficient (Wildman–Crippen LogP) is 3.26. The number of benzene rings is 2. The SMILES string of the molecule is Cc1ccccc1-c1noc2ccc(CN)cc12. The summed E-state index contributed by atoms with van der Waals surface area (Å²) in [5.41, 5.74) is 10.7. The van der Waals surface area contributed by atoms with E-state index >= 15 is 0 Å². The molecule has 1 heterocycles. The van der Waals surface area contributed by atoms with Crippen molar-refractivity contribution < 1.29 is 4.52 Å². The average Bonchev–Trinajstić information content (AvgIpc) is 2.82. The number of nitrogens with zero attached hydrogens (tertiary/aromatic N) is 1. The first-order chi connectivity index (χ1) is 8.79. The normalized spacial score (nSPS) is 11.0. The van der Waals surface area contributed by atoms with E-state index in [0.29, 0.717) is 6.54 Å². The van der Waals surface area contributed by atoms with Crippen molar-refractivity contribution in [3.8, 4) is 11.3 Å². The molecule has 0 aliphatic carbocycles. The number of aryl methyl sites for hydroxylation is 1. The Labute approximate surface area is 105 Å². The maximum absolute atomic E-state index is 5.68. The van der Waals surface area contributed by atoms with Crippen molar-refractivity contribution in [2.75, 3.05) is 0 Å². The van der Waals surface area contributed by atoms with E-state index in [1.807, 2.05) is 30.3 Å². The van der Waals surface area contributed by atoms with E-state index in [2.05, 4.69) is 24.2 Å². The minimum absolute atomic E-state index is 0.522. The second kappa shape index (κ2) is 4.27. The lowest BCUT2D eigenvalue weighted by Crippen LogP contribution is -1.95. The topological polar surface area (TPSA) is 52.0 Å². The van der Waals surface area contributed by atoms with Crippen LogP contribution < -0.4 is 5.73 Å². The maximum atomic E-state index is 5.68. The summed E-state index contributed by atoms with van der Waals surface area (Å²) >= 11 is 0. The Morgan fingerprint density at radius 1 is 1.17 bits per heavy atom. The number of hydrogen-bond donors (Lipinski definition) is 1. The second-order valence-corrected chi connectivity index (χ2v) is 4.38. The summed E-state index contributed by atoms with van der Waals surface area (Å²) in [6.07, 6.45) is 0. The minimum Gasteiger partial charge on any atom is -0.356 e. The third-order valence-electron chi connectivity index (χ3n) is 3.17. The second-order valence-electron chi connectivity index (χ2n) is 4.38. The first-order valence-electron chi connectivity index (χ1n) is 5.94. The highest BCUT2D eigenvalue weighted by molar-refractivity contribution is 5.92. The molecule has 0 aliphatic heterocycles. The van der Waals surface area contributed by atoms with E-state index in [1.54, 1.807) is 0 Å². The van der Waals surface area contributed by atoms with Gasteiger partial charge < -0.3 is 10.3 Å². The molecule has 0 radical (unpaired) electrons. The van der Waals surface area contributed by atoms with E-state index < -0.39 is 0 Å². The van der Waals surface area contributed by atoms with Crippen LogP contribution in [0.25, 0.3) is 22.2 Å². The smallest absolute Gasteiger partial charge is 0.167 e. The van der Waals surface area contributed by atoms with Crippen LogP contribution in [0.2, 0.25) is 0 Å². The zero-order valence-electron chi connectivity index (χ0n) is 10.2. The molecule has 2 N–H and O–H groups in total. The highest BCUT2D eigenvalue weighted by Crippen LogP contribution is 2.30. The minimum atomic E-state index is 0.522. The molecule has 0 saturated heterocycles. The zero-order chi connectivity index (χ0) is 12.5. The van der Waals surface area contributed by atoms with Gasteiger partial charge in [-0.25, -0.2) is 0 Å². The van der Waals surface area contributed by atoms with Crippen molar-refractivity contribution in [3.05, 3.63) is 53.6 Å². The standard InChI is InChI=1S/C15H14N2O/c1-10-4-2-3-5-12(10)15-13-8-11(9-16)6-7-14(13)18-17-15/h2-8H,9,16H2,1H3. The summed E-state index contributed by atoms with van der Waals surface area (Å²) in [7, 11) is 0. The summed E-state index contributed by atoms with van der Waals surface area (Å²) in [5, 5.41) is 5.21. The average molecular weight is 238 g/mol. The van der Waals surface area contributed by atoms with Gasteiger partial charge in [0.25, 0.3) is 0 Å². The van der Waals surface area contributed by atoms with Gasteiger partial charge in [0.05, 0.1) is 5.39 Å². The monoisotopic (exact) mass is 238 g/mol. The molecule has 1 aromatic heterocycles. The molecule has 0 bridgehead atoms. The molecular weight excluding hydrogens is 224 g/mol. The van der Waals surface area contributed by atoms with Crippen molar-refractivity contribution >= 4 is 11.0 Å². The summed E-state index contributed by atoms with van der Waals surface area (Å²) in [5.74, 6) is 0. The quantitative estimate of drug-likeness (QED) is 0.745. The number of nitrogens with two attached hydrogens (primary N) is 1. The summed E-state index contributed by atoms with van der Waals surface area (Å²) in [6, 6.07) is 14.1. The van der Waals surface area contributed by atoms with Crippen molar-refractivity contribution in [2.45, 2.75) is 13.5 Å². The summed E-state index contributed by atoms with van der Waals surface area (Å²) in [4.78, 5) is 0. The molecule has 18 heavy (non-hydrogen) atoms. The third kappa shape index (κ3) is 1.69. The van der Waals surface area contributed by atoms with Crippen LogP contribution in [0.4, 0.5) is 0 Å². The molecule has 3 heteroatoms. The molecule has 0 amide bonds. The van der Waals surface area contributed by atoms with Crippen LogP contribution in [0.5, 0.6) is 0 Å². The Hall–Kier alpha value is -2.13. The molecule has 0 fully saturated rings. The fourth-order valence-electron chi connectivity index (χ4n) is 2.15. The van der Waals surface area contributed by atoms with Gasteiger partial charge >= 0.3 is 0 Å². The molecule has 0 spiro atoms. The van der Waals surface area contributed by atoms with Crippen LogP contribution in [0.1, 0.15) is 11.1 Å². The molecule has 3 nitrogen and oxygen atoms in total. The van der Waals surface area contributed by atoms with Crippen molar-refractivity contribution in [3.63, 3.8) is 0 Å². The van der Waals surface area contributed by atoms with Crippen molar-refractivity contribution in [1.82, 2.24) is 5.16 Å². The van der Waals surface area contributed by atoms with Gasteiger partial charge in [0, 0.05) is 12.1 Å². The Morgan fingerprint density at radius 3 is 2.78 bits per heavy atom. The van der Waals surface area contributed by atoms with Gasteiger partial charge in [-0.15, -0.1) is 0 Å². The molecule has 90 valence electrons. The highest BCUT2D eigenvalue weighted by Gasteiger charge is 2.12. The van der Waals surface area contributed by atoms with Gasteiger partial charge in [0.1, 0.15) is 5.69 Å². The van der Waals surface area contributed by atoms with Gasteiger partial charge in [0.15, 0.2) is 5.58 Å². The molecule has 2 aromatic carbocycles. The Kier molecular flexibility index (Phi) is 2.61. The summed E-state index contributed by atoms with van der Waals surface area (Å²) < 4.78 is 5.37. The maximum Gasteiger partial charge on any atom is 0.167 e. The first kappa shape index (κ1) is 11.0. The van der Waals surface area contributed by atoms with E-state index in [0.717, 1.165) is 27.8 Å². The Morgan fingerprint density at radius 2 is 2.00 bits per heavy atom. The first-order valence-corrected chi connectivity index (χ1v) is 5.94. The fourth-order valence-corrected chi connectivity index (χ4v) is 2.15. The Balaban J connectivity index is 2.26. The van der Waals surface area contributed by atoms with Crippen LogP contribution in [0.3, 0.4) is 0 Å². The Bertz CT molecular complexity index is 701. The van der Waals surface area contributed by atoms with E-state index in [-0.39, 0.29) is 0 Å². The lowest BCUT2D eigenvalue weighted by atomic mass is 10.0. The molecule has 0 aliphatic rings. The fraction of sp³-hybridized carbons (Fsp3) is 0.133. The van der Waals surface area contributed by atoms with Gasteiger partial charge in [0.2, 0.25) is 0 Å². The molecule has 3 rings (SSSR count). The van der Waals surface area contributed by atoms with Gasteiger partial charge in [-0.05, 0) is 30.2 Å². The lowest BCUT2D eigenvalue weighted by molar-refractivity contribution is 0.459. The third-order valence-corrected chi connectivity index (χ3v) is 3.17. The zero-order valence-corrected chi connectivity index (χ0v) is 10.2. The number of aromatic nitrogens is 1. The van der Waals surface area contributed by atoms with Crippen LogP contribution in [-0.2, 0) is 6.54 Å². The van der Waals surface area contributed by atoms with Crippen molar-refractivity contribution in [2.24, 2.45) is 5.73 Å². The largest absolute Gasteiger partial charge is 0.356 e. The number of fused-ring (bicyclic) bond motifs is 1. The van der Waals surface area contributed by atoms with Crippen molar-refractivity contribution in [1.29, 1.82) is 0 Å². The van der Waals surface area contributed by atoms with E-state index in [9.17, 15) is 0 Å².